The number of rotatable bonds is 7. The Morgan fingerprint density at radius 2 is 1.95 bits per heavy atom. The molecule has 8 heteroatoms. The highest BCUT2D eigenvalue weighted by Crippen LogP contribution is 2.35. The summed E-state index contributed by atoms with van der Waals surface area (Å²) in [5.74, 6) is -0.464. The van der Waals surface area contributed by atoms with Crippen LogP contribution in [0.25, 0.3) is 11.1 Å². The number of likely N-dealkylation sites (N-methyl/N-ethyl adjacent to an activating group) is 1. The summed E-state index contributed by atoms with van der Waals surface area (Å²) >= 11 is 0. The summed E-state index contributed by atoms with van der Waals surface area (Å²) in [7, 11) is 1.46. The van der Waals surface area contributed by atoms with Gasteiger partial charge in [0, 0.05) is 25.6 Å². The van der Waals surface area contributed by atoms with E-state index in [4.69, 9.17) is 9.47 Å². The van der Waals surface area contributed by atoms with Crippen molar-refractivity contribution in [1.29, 1.82) is 5.26 Å². The quantitative estimate of drug-likeness (QED) is 0.340. The third-order valence-electron chi connectivity index (χ3n) is 6.12. The smallest absolute Gasteiger partial charge is 0.410 e. The summed E-state index contributed by atoms with van der Waals surface area (Å²) in [5.41, 5.74) is 1.43. The average molecular weight is 510 g/mol. The van der Waals surface area contributed by atoms with Crippen molar-refractivity contribution in [3.05, 3.63) is 53.8 Å². The second-order valence-corrected chi connectivity index (χ2v) is 10.9. The molecule has 2 aromatic carbocycles. The Morgan fingerprint density at radius 1 is 1.22 bits per heavy atom. The molecule has 0 N–H and O–H groups in total. The fourth-order valence-electron chi connectivity index (χ4n) is 4.38. The molecule has 198 valence electrons. The molecule has 0 aliphatic carbocycles. The van der Waals surface area contributed by atoms with Gasteiger partial charge in [0.2, 0.25) is 5.91 Å². The van der Waals surface area contributed by atoms with E-state index in [1.54, 1.807) is 11.0 Å². The van der Waals surface area contributed by atoms with Crippen molar-refractivity contribution in [3.63, 3.8) is 0 Å². The van der Waals surface area contributed by atoms with E-state index in [1.165, 1.54) is 19.2 Å². The van der Waals surface area contributed by atoms with Crippen LogP contribution in [0.1, 0.15) is 58.9 Å². The first-order chi connectivity index (χ1) is 17.4. The number of ether oxygens (including phenoxy) is 2. The molecule has 1 aliphatic rings. The summed E-state index contributed by atoms with van der Waals surface area (Å²) in [5, 5.41) is 9.24. The molecule has 0 saturated carbocycles. The third-order valence-corrected chi connectivity index (χ3v) is 6.12. The molecule has 2 atom stereocenters. The number of nitriles is 1. The van der Waals surface area contributed by atoms with Crippen molar-refractivity contribution in [2.45, 2.75) is 65.1 Å². The van der Waals surface area contributed by atoms with E-state index in [-0.39, 0.29) is 24.0 Å². The van der Waals surface area contributed by atoms with E-state index < -0.39 is 17.3 Å². The van der Waals surface area contributed by atoms with Crippen molar-refractivity contribution >= 4 is 12.0 Å². The maximum absolute atomic E-state index is 14.4. The first-order valence-corrected chi connectivity index (χ1v) is 12.6. The minimum atomic E-state index is -0.581. The van der Waals surface area contributed by atoms with E-state index in [2.05, 4.69) is 0 Å². The molecule has 2 amide bonds. The number of hydrogen-bond acceptors (Lipinski definition) is 5. The molecular formula is C29H36FN3O4. The monoisotopic (exact) mass is 509 g/mol. The van der Waals surface area contributed by atoms with Crippen LogP contribution < -0.4 is 4.74 Å². The Kier molecular flexibility index (Phi) is 8.80. The van der Waals surface area contributed by atoms with Crippen LogP contribution in [0, 0.1) is 23.2 Å². The molecule has 1 fully saturated rings. The van der Waals surface area contributed by atoms with Gasteiger partial charge in [-0.15, -0.1) is 0 Å². The lowest BCUT2D eigenvalue weighted by atomic mass is 9.87. The maximum atomic E-state index is 14.4. The Balaban J connectivity index is 1.87. The van der Waals surface area contributed by atoms with Crippen molar-refractivity contribution in [3.8, 4) is 23.1 Å². The van der Waals surface area contributed by atoms with E-state index >= 15 is 0 Å². The van der Waals surface area contributed by atoms with Crippen LogP contribution in [0.4, 0.5) is 9.18 Å². The summed E-state index contributed by atoms with van der Waals surface area (Å²) in [6.07, 6.45) is 2.45. The van der Waals surface area contributed by atoms with E-state index in [1.807, 2.05) is 65.1 Å². The van der Waals surface area contributed by atoms with Crippen LogP contribution in [0.15, 0.2) is 42.5 Å². The lowest BCUT2D eigenvalue weighted by Crippen LogP contribution is -2.36. The largest absolute Gasteiger partial charge is 0.488 e. The second kappa shape index (κ2) is 11.6. The fraction of sp³-hybridized carbons (Fsp3) is 0.483. The molecule has 0 aromatic heterocycles. The molecule has 2 unspecified atom stereocenters. The van der Waals surface area contributed by atoms with Gasteiger partial charge in [0.05, 0.1) is 12.5 Å². The lowest BCUT2D eigenvalue weighted by Gasteiger charge is -2.24. The molecule has 2 aromatic rings. The fourth-order valence-corrected chi connectivity index (χ4v) is 4.38. The second-order valence-electron chi connectivity index (χ2n) is 10.9. The molecule has 1 saturated heterocycles. The van der Waals surface area contributed by atoms with Gasteiger partial charge in [-0.05, 0) is 62.4 Å². The minimum Gasteiger partial charge on any atom is -0.488 e. The van der Waals surface area contributed by atoms with Gasteiger partial charge in [-0.3, -0.25) is 9.69 Å². The van der Waals surface area contributed by atoms with Gasteiger partial charge in [-0.1, -0.05) is 38.1 Å². The van der Waals surface area contributed by atoms with Gasteiger partial charge in [0.1, 0.15) is 23.3 Å². The topological polar surface area (TPSA) is 82.9 Å². The highest BCUT2D eigenvalue weighted by Gasteiger charge is 2.31. The molecular weight excluding hydrogens is 473 g/mol. The Labute approximate surface area is 218 Å². The van der Waals surface area contributed by atoms with Gasteiger partial charge in [-0.2, -0.15) is 5.26 Å². The van der Waals surface area contributed by atoms with E-state index in [0.717, 1.165) is 10.5 Å². The van der Waals surface area contributed by atoms with Gasteiger partial charge in [0.15, 0.2) is 6.19 Å². The van der Waals surface area contributed by atoms with Crippen LogP contribution in [-0.4, -0.2) is 53.6 Å². The molecule has 7 nitrogen and oxygen atoms in total. The maximum Gasteiger partial charge on any atom is 0.410 e. The molecule has 37 heavy (non-hydrogen) atoms. The van der Waals surface area contributed by atoms with Crippen LogP contribution in [0.5, 0.6) is 5.75 Å². The lowest BCUT2D eigenvalue weighted by molar-refractivity contribution is -0.129. The summed E-state index contributed by atoms with van der Waals surface area (Å²) in [4.78, 5) is 28.1. The number of hydrogen-bond donors (Lipinski definition) is 0. The van der Waals surface area contributed by atoms with Crippen LogP contribution in [-0.2, 0) is 9.53 Å². The standard InChI is InChI=1S/C29H36FN3O4/c1-19(2)14-25(27(34)32(6)18-31)21-9-7-8-20(15-21)24-16-22(30)10-11-26(24)36-23-12-13-33(17-23)28(35)37-29(3,4)5/h7-11,15-16,19,23,25H,12-14,17H2,1-6H3. The van der Waals surface area contributed by atoms with Crippen LogP contribution in [0.3, 0.4) is 0 Å². The van der Waals surface area contributed by atoms with E-state index in [9.17, 15) is 19.2 Å². The Hall–Kier alpha value is -3.60. The molecule has 0 spiro atoms. The van der Waals surface area contributed by atoms with Crippen molar-refractivity contribution < 1.29 is 23.5 Å². The Bertz CT molecular complexity index is 1170. The molecule has 0 bridgehead atoms. The molecule has 0 radical (unpaired) electrons. The molecule has 1 aliphatic heterocycles. The highest BCUT2D eigenvalue weighted by molar-refractivity contribution is 5.85. The highest BCUT2D eigenvalue weighted by atomic mass is 19.1. The predicted octanol–water partition coefficient (Wildman–Crippen LogP) is 5.95. The number of halogens is 1. The normalized spacial score (nSPS) is 16.3. The molecule has 3 rings (SSSR count). The predicted molar refractivity (Wildman–Crippen MR) is 139 cm³/mol. The zero-order chi connectivity index (χ0) is 27.3. The first kappa shape index (κ1) is 28.0. The summed E-state index contributed by atoms with van der Waals surface area (Å²) < 4.78 is 26.1. The number of likely N-dealkylation sites (tertiary alicyclic amines) is 1. The zero-order valence-electron chi connectivity index (χ0n) is 22.5. The first-order valence-electron chi connectivity index (χ1n) is 12.6. The van der Waals surface area contributed by atoms with Gasteiger partial charge in [-0.25, -0.2) is 9.18 Å². The van der Waals surface area contributed by atoms with Gasteiger partial charge < -0.3 is 14.4 Å². The van der Waals surface area contributed by atoms with Crippen molar-refractivity contribution in [2.24, 2.45) is 5.92 Å². The number of nitrogens with zero attached hydrogens (tertiary/aromatic N) is 3. The SMILES string of the molecule is CC(C)CC(C(=O)N(C)C#N)c1cccc(-c2cc(F)ccc2OC2CCN(C(=O)OC(C)(C)C)C2)c1. The van der Waals surface area contributed by atoms with E-state index in [0.29, 0.717) is 42.8 Å². The Morgan fingerprint density at radius 3 is 2.59 bits per heavy atom. The number of amides is 2. The minimum absolute atomic E-state index is 0.230. The van der Waals surface area contributed by atoms with Crippen LogP contribution >= 0.6 is 0 Å². The van der Waals surface area contributed by atoms with Gasteiger partial charge in [0.25, 0.3) is 0 Å². The summed E-state index contributed by atoms with van der Waals surface area (Å²) in [6, 6.07) is 11.7. The van der Waals surface area contributed by atoms with Gasteiger partial charge >= 0.3 is 6.09 Å². The van der Waals surface area contributed by atoms with Crippen molar-refractivity contribution in [2.75, 3.05) is 20.1 Å². The summed E-state index contributed by atoms with van der Waals surface area (Å²) in [6.45, 7) is 10.4. The number of benzene rings is 2. The van der Waals surface area contributed by atoms with Crippen LogP contribution in [0.2, 0.25) is 0 Å². The molecule has 1 heterocycles. The van der Waals surface area contributed by atoms with Crippen molar-refractivity contribution in [1.82, 2.24) is 9.80 Å². The zero-order valence-corrected chi connectivity index (χ0v) is 22.5. The average Bonchev–Trinajstić information content (AvgIpc) is 3.30. The number of carbonyl (C=O) groups excluding carboxylic acids is 2. The number of carbonyl (C=O) groups is 2. The third kappa shape index (κ3) is 7.45.